The Morgan fingerprint density at radius 2 is 2.05 bits per heavy atom. The summed E-state index contributed by atoms with van der Waals surface area (Å²) in [6.07, 6.45) is 0. The number of aryl methyl sites for hydroxylation is 2. The third kappa shape index (κ3) is 3.86. The number of aromatic nitrogens is 2. The summed E-state index contributed by atoms with van der Waals surface area (Å²) in [5.74, 6) is 0.668. The maximum Gasteiger partial charge on any atom is 0.0597 e. The van der Waals surface area contributed by atoms with E-state index in [9.17, 15) is 0 Å². The van der Waals surface area contributed by atoms with E-state index in [4.69, 9.17) is 0 Å². The third-order valence-corrected chi connectivity index (χ3v) is 4.71. The van der Waals surface area contributed by atoms with Gasteiger partial charge in [-0.3, -0.25) is 9.58 Å². The Bertz CT molecular complexity index is 470. The van der Waals surface area contributed by atoms with Crippen LogP contribution in [0.15, 0.2) is 6.07 Å². The zero-order valence-electron chi connectivity index (χ0n) is 14.8. The summed E-state index contributed by atoms with van der Waals surface area (Å²) < 4.78 is 2.03. The first-order valence-electron chi connectivity index (χ1n) is 8.15. The maximum atomic E-state index is 4.49. The highest BCUT2D eigenvalue weighted by Crippen LogP contribution is 2.28. The van der Waals surface area contributed by atoms with Crippen LogP contribution in [0.25, 0.3) is 0 Å². The fraction of sp³-hybridized carbons (Fsp3) is 0.824. The molecular weight excluding hydrogens is 260 g/mol. The Balaban J connectivity index is 2.18. The second-order valence-electron chi connectivity index (χ2n) is 7.97. The molecule has 1 aromatic rings. The van der Waals surface area contributed by atoms with Crippen LogP contribution in [0.3, 0.4) is 0 Å². The normalized spacial score (nSPS) is 24.8. The van der Waals surface area contributed by atoms with Crippen LogP contribution in [0.2, 0.25) is 0 Å². The van der Waals surface area contributed by atoms with Gasteiger partial charge >= 0.3 is 0 Å². The predicted octanol–water partition coefficient (Wildman–Crippen LogP) is 2.57. The van der Waals surface area contributed by atoms with Crippen LogP contribution in [-0.4, -0.2) is 39.9 Å². The van der Waals surface area contributed by atoms with Crippen molar-refractivity contribution in [2.24, 2.45) is 18.4 Å². The Morgan fingerprint density at radius 1 is 1.38 bits per heavy atom. The van der Waals surface area contributed by atoms with Crippen molar-refractivity contribution in [2.75, 3.05) is 13.1 Å². The molecule has 1 saturated heterocycles. The Labute approximate surface area is 129 Å². The first kappa shape index (κ1) is 16.5. The molecule has 0 radical (unpaired) electrons. The zero-order chi connectivity index (χ0) is 15.8. The summed E-state index contributed by atoms with van der Waals surface area (Å²) in [5, 5.41) is 8.24. The van der Waals surface area contributed by atoms with Gasteiger partial charge in [-0.25, -0.2) is 0 Å². The van der Waals surface area contributed by atoms with E-state index in [1.54, 1.807) is 0 Å². The van der Waals surface area contributed by atoms with Crippen LogP contribution < -0.4 is 5.32 Å². The number of rotatable bonds is 3. The SMILES string of the molecule is Cc1cc(CN2CC(C(C)C)NCC2C(C)(C)C)n(C)n1. The molecule has 4 nitrogen and oxygen atoms in total. The lowest BCUT2D eigenvalue weighted by Gasteiger charge is -2.47. The third-order valence-electron chi connectivity index (χ3n) is 4.71. The smallest absolute Gasteiger partial charge is 0.0597 e. The fourth-order valence-corrected chi connectivity index (χ4v) is 3.33. The number of nitrogens with zero attached hydrogens (tertiary/aromatic N) is 3. The molecule has 1 fully saturated rings. The Hall–Kier alpha value is -0.870. The van der Waals surface area contributed by atoms with E-state index < -0.39 is 0 Å². The van der Waals surface area contributed by atoms with E-state index in [-0.39, 0.29) is 5.41 Å². The fourth-order valence-electron chi connectivity index (χ4n) is 3.33. The van der Waals surface area contributed by atoms with Gasteiger partial charge in [-0.05, 0) is 24.3 Å². The molecule has 0 spiro atoms. The highest BCUT2D eigenvalue weighted by atomic mass is 15.3. The van der Waals surface area contributed by atoms with Crippen molar-refractivity contribution in [3.63, 3.8) is 0 Å². The lowest BCUT2D eigenvalue weighted by Crippen LogP contribution is -2.61. The Kier molecular flexibility index (Phi) is 4.79. The van der Waals surface area contributed by atoms with Gasteiger partial charge in [-0.2, -0.15) is 5.10 Å². The average molecular weight is 292 g/mol. The lowest BCUT2D eigenvalue weighted by atomic mass is 9.83. The van der Waals surface area contributed by atoms with Gasteiger partial charge in [-0.15, -0.1) is 0 Å². The van der Waals surface area contributed by atoms with Gasteiger partial charge in [0.05, 0.1) is 11.4 Å². The summed E-state index contributed by atoms with van der Waals surface area (Å²) in [4.78, 5) is 2.65. The molecule has 0 saturated carbocycles. The second-order valence-corrected chi connectivity index (χ2v) is 7.97. The molecular formula is C17H32N4. The number of nitrogens with one attached hydrogen (secondary N) is 1. The van der Waals surface area contributed by atoms with Gasteiger partial charge in [-0.1, -0.05) is 34.6 Å². The number of hydrogen-bond acceptors (Lipinski definition) is 3. The van der Waals surface area contributed by atoms with Gasteiger partial charge < -0.3 is 5.32 Å². The lowest BCUT2D eigenvalue weighted by molar-refractivity contribution is 0.0383. The van der Waals surface area contributed by atoms with Crippen LogP contribution in [0.4, 0.5) is 0 Å². The van der Waals surface area contributed by atoms with E-state index in [0.29, 0.717) is 18.0 Å². The van der Waals surface area contributed by atoms with Crippen molar-refractivity contribution in [1.29, 1.82) is 0 Å². The summed E-state index contributed by atoms with van der Waals surface area (Å²) in [7, 11) is 2.05. The number of piperazine rings is 1. The van der Waals surface area contributed by atoms with Crippen molar-refractivity contribution in [2.45, 2.75) is 60.2 Å². The van der Waals surface area contributed by atoms with Crippen LogP contribution in [-0.2, 0) is 13.6 Å². The highest BCUT2D eigenvalue weighted by Gasteiger charge is 2.36. The minimum absolute atomic E-state index is 0.280. The molecule has 0 aromatic carbocycles. The number of hydrogen-bond donors (Lipinski definition) is 1. The second kappa shape index (κ2) is 6.09. The van der Waals surface area contributed by atoms with Gasteiger partial charge in [0, 0.05) is 38.8 Å². The van der Waals surface area contributed by atoms with Crippen molar-refractivity contribution in [3.8, 4) is 0 Å². The van der Waals surface area contributed by atoms with E-state index in [1.165, 1.54) is 5.69 Å². The van der Waals surface area contributed by atoms with Crippen molar-refractivity contribution < 1.29 is 0 Å². The Morgan fingerprint density at radius 3 is 2.52 bits per heavy atom. The standard InChI is InChI=1S/C17H32N4/c1-12(2)15-11-21(16(9-18-15)17(4,5)6)10-14-8-13(3)19-20(14)7/h8,12,15-16,18H,9-11H2,1-7H3. The van der Waals surface area contributed by atoms with Crippen LogP contribution in [0.5, 0.6) is 0 Å². The molecule has 21 heavy (non-hydrogen) atoms. The topological polar surface area (TPSA) is 33.1 Å². The van der Waals surface area contributed by atoms with Crippen molar-refractivity contribution >= 4 is 0 Å². The van der Waals surface area contributed by atoms with Gasteiger partial charge in [0.2, 0.25) is 0 Å². The minimum atomic E-state index is 0.280. The monoisotopic (exact) mass is 292 g/mol. The van der Waals surface area contributed by atoms with Crippen molar-refractivity contribution in [3.05, 3.63) is 17.5 Å². The van der Waals surface area contributed by atoms with Crippen LogP contribution >= 0.6 is 0 Å². The largest absolute Gasteiger partial charge is 0.311 e. The van der Waals surface area contributed by atoms with Crippen LogP contribution in [0, 0.1) is 18.3 Å². The van der Waals surface area contributed by atoms with E-state index in [2.05, 4.69) is 70.0 Å². The first-order chi connectivity index (χ1) is 9.68. The summed E-state index contributed by atoms with van der Waals surface area (Å²) in [6.45, 7) is 16.9. The van der Waals surface area contributed by atoms with E-state index in [0.717, 1.165) is 25.3 Å². The molecule has 120 valence electrons. The molecule has 0 amide bonds. The summed E-state index contributed by atoms with van der Waals surface area (Å²) in [6, 6.07) is 3.35. The summed E-state index contributed by atoms with van der Waals surface area (Å²) >= 11 is 0. The molecule has 4 heteroatoms. The van der Waals surface area contributed by atoms with Crippen molar-refractivity contribution in [1.82, 2.24) is 20.0 Å². The zero-order valence-corrected chi connectivity index (χ0v) is 14.8. The molecule has 1 aliphatic heterocycles. The molecule has 2 heterocycles. The van der Waals surface area contributed by atoms with Gasteiger partial charge in [0.25, 0.3) is 0 Å². The molecule has 1 aliphatic rings. The summed E-state index contributed by atoms with van der Waals surface area (Å²) in [5.41, 5.74) is 2.70. The minimum Gasteiger partial charge on any atom is -0.311 e. The van der Waals surface area contributed by atoms with Gasteiger partial charge in [0.15, 0.2) is 0 Å². The van der Waals surface area contributed by atoms with Crippen LogP contribution in [0.1, 0.15) is 46.0 Å². The quantitative estimate of drug-likeness (QED) is 0.929. The molecule has 2 rings (SSSR count). The molecule has 2 atom stereocenters. The molecule has 0 aliphatic carbocycles. The molecule has 0 bridgehead atoms. The van der Waals surface area contributed by atoms with Gasteiger partial charge in [0.1, 0.15) is 0 Å². The molecule has 2 unspecified atom stereocenters. The molecule has 1 aromatic heterocycles. The van der Waals surface area contributed by atoms with E-state index in [1.807, 2.05) is 4.68 Å². The molecule has 1 N–H and O–H groups in total. The first-order valence-corrected chi connectivity index (χ1v) is 8.15. The predicted molar refractivity (Wildman–Crippen MR) is 88.2 cm³/mol. The highest BCUT2D eigenvalue weighted by molar-refractivity contribution is 5.09. The average Bonchev–Trinajstić information content (AvgIpc) is 2.66. The van der Waals surface area contributed by atoms with E-state index >= 15 is 0 Å². The maximum absolute atomic E-state index is 4.49.